The van der Waals surface area contributed by atoms with E-state index in [0.717, 1.165) is 55.0 Å². The summed E-state index contributed by atoms with van der Waals surface area (Å²) in [5.74, 6) is 0. The second-order valence-corrected chi connectivity index (χ2v) is 16.0. The van der Waals surface area contributed by atoms with Crippen molar-refractivity contribution in [2.75, 3.05) is 0 Å². The molecule has 0 spiro atoms. The lowest BCUT2D eigenvalue weighted by Gasteiger charge is -2.16. The summed E-state index contributed by atoms with van der Waals surface area (Å²) < 4.78 is 3.53. The molecule has 0 saturated heterocycles. The van der Waals surface area contributed by atoms with E-state index >= 15 is 0 Å². The van der Waals surface area contributed by atoms with Crippen molar-refractivity contribution in [3.63, 3.8) is 0 Å². The normalized spacial score (nSPS) is 11.8. The molecular weight excluding hydrogens is 723 g/mol. The molecule has 12 rings (SSSR count). The zero-order valence-corrected chi connectivity index (χ0v) is 32.1. The number of fused-ring (bicyclic) bond motifs is 7. The quantitative estimate of drug-likeness (QED) is 0.175. The van der Waals surface area contributed by atoms with Crippen molar-refractivity contribution in [1.29, 1.82) is 0 Å². The van der Waals surface area contributed by atoms with Crippen LogP contribution in [0.4, 0.5) is 0 Å². The van der Waals surface area contributed by atoms with E-state index in [1.54, 1.807) is 11.3 Å². The Labute approximate surface area is 338 Å². The van der Waals surface area contributed by atoms with Crippen LogP contribution < -0.4 is 0 Å². The number of aromatic nitrogens is 3. The van der Waals surface area contributed by atoms with Crippen LogP contribution in [0.25, 0.3) is 114 Å². The van der Waals surface area contributed by atoms with Crippen LogP contribution in [0.3, 0.4) is 0 Å². The molecule has 4 heteroatoms. The molecule has 0 N–H and O–H groups in total. The van der Waals surface area contributed by atoms with E-state index in [1.807, 2.05) is 6.07 Å². The number of hydrogen-bond donors (Lipinski definition) is 0. The van der Waals surface area contributed by atoms with Gasteiger partial charge < -0.3 is 0 Å². The maximum Gasteiger partial charge on any atom is 0.137 e. The van der Waals surface area contributed by atoms with Crippen molar-refractivity contribution in [3.05, 3.63) is 200 Å². The molecule has 3 aromatic heterocycles. The Bertz CT molecular complexity index is 3520. The standard InChI is InChI=1S/C54H33N3S/c1-3-11-40-31-42(27-23-34(40)9-1)50-45-13-5-6-14-46(45)51(43-28-24-35-10-2-4-12-41(35)32-43)53-52(50)56-49-30-29-44(33-57(49)53)38-19-17-36(18-20-38)37-21-25-39(26-22-37)54-55-47-15-7-8-16-48(47)58-54/h1-33H. The number of thiazole rings is 1. The van der Waals surface area contributed by atoms with E-state index in [-0.39, 0.29) is 0 Å². The third-order valence-corrected chi connectivity index (χ3v) is 12.7. The maximum atomic E-state index is 5.46. The minimum absolute atomic E-state index is 0.919. The molecule has 0 bridgehead atoms. The summed E-state index contributed by atoms with van der Waals surface area (Å²) in [4.78, 5) is 10.3. The van der Waals surface area contributed by atoms with Gasteiger partial charge in [-0.2, -0.15) is 0 Å². The molecule has 0 radical (unpaired) electrons. The average Bonchev–Trinajstić information content (AvgIpc) is 3.90. The van der Waals surface area contributed by atoms with Gasteiger partial charge >= 0.3 is 0 Å². The van der Waals surface area contributed by atoms with E-state index in [0.29, 0.717) is 0 Å². The molecule has 0 fully saturated rings. The molecule has 9 aromatic carbocycles. The van der Waals surface area contributed by atoms with Crippen LogP contribution in [0.1, 0.15) is 0 Å². The lowest BCUT2D eigenvalue weighted by atomic mass is 9.89. The summed E-state index contributed by atoms with van der Waals surface area (Å²) in [6.07, 6.45) is 2.27. The molecule has 270 valence electrons. The van der Waals surface area contributed by atoms with Gasteiger partial charge in [-0.1, -0.05) is 158 Å². The van der Waals surface area contributed by atoms with Gasteiger partial charge in [-0.3, -0.25) is 4.40 Å². The highest BCUT2D eigenvalue weighted by Gasteiger charge is 2.22. The molecule has 3 heterocycles. The minimum atomic E-state index is 0.919. The van der Waals surface area contributed by atoms with Gasteiger partial charge in [0.1, 0.15) is 10.7 Å². The summed E-state index contributed by atoms with van der Waals surface area (Å²) in [7, 11) is 0. The number of benzene rings is 9. The lowest BCUT2D eigenvalue weighted by molar-refractivity contribution is 1.23. The summed E-state index contributed by atoms with van der Waals surface area (Å²) in [5.41, 5.74) is 14.6. The summed E-state index contributed by atoms with van der Waals surface area (Å²) in [5, 5.41) is 8.34. The Hall–Kier alpha value is -7.40. The Morgan fingerprint density at radius 3 is 1.53 bits per heavy atom. The van der Waals surface area contributed by atoms with E-state index < -0.39 is 0 Å². The molecule has 0 saturated carbocycles. The predicted molar refractivity (Wildman–Crippen MR) is 246 cm³/mol. The molecule has 0 unspecified atom stereocenters. The van der Waals surface area contributed by atoms with Crippen molar-refractivity contribution in [2.24, 2.45) is 0 Å². The first-order chi connectivity index (χ1) is 28.7. The fourth-order valence-electron chi connectivity index (χ4n) is 8.73. The Kier molecular flexibility index (Phi) is 7.40. The van der Waals surface area contributed by atoms with Crippen molar-refractivity contribution >= 4 is 70.6 Å². The van der Waals surface area contributed by atoms with Gasteiger partial charge in [0, 0.05) is 22.9 Å². The van der Waals surface area contributed by atoms with Crippen LogP contribution in [0.2, 0.25) is 0 Å². The predicted octanol–water partition coefficient (Wildman–Crippen LogP) is 14.9. The highest BCUT2D eigenvalue weighted by Crippen LogP contribution is 2.45. The third kappa shape index (κ3) is 5.34. The fraction of sp³-hybridized carbons (Fsp3) is 0. The Morgan fingerprint density at radius 1 is 0.379 bits per heavy atom. The summed E-state index contributed by atoms with van der Waals surface area (Å²) in [6, 6.07) is 70.1. The maximum absolute atomic E-state index is 5.46. The van der Waals surface area contributed by atoms with Crippen LogP contribution in [-0.2, 0) is 0 Å². The van der Waals surface area contributed by atoms with E-state index in [9.17, 15) is 0 Å². The number of rotatable bonds is 5. The first-order valence-electron chi connectivity index (χ1n) is 19.6. The molecule has 0 aliphatic rings. The van der Waals surface area contributed by atoms with Crippen LogP contribution >= 0.6 is 11.3 Å². The summed E-state index contributed by atoms with van der Waals surface area (Å²) in [6.45, 7) is 0. The van der Waals surface area contributed by atoms with E-state index in [4.69, 9.17) is 9.97 Å². The van der Waals surface area contributed by atoms with Gasteiger partial charge in [0.25, 0.3) is 0 Å². The van der Waals surface area contributed by atoms with E-state index in [2.05, 4.69) is 199 Å². The first-order valence-corrected chi connectivity index (χ1v) is 20.5. The SMILES string of the molecule is c1ccc2cc(-c3c4ccccc4c(-c4ccc5ccccc5c4)c4c3nc3ccc(-c5ccc(-c6ccc(-c7nc8ccccc8s7)cc6)cc5)cn34)ccc2c1. The second-order valence-electron chi connectivity index (χ2n) is 15.0. The fourth-order valence-corrected chi connectivity index (χ4v) is 9.70. The largest absolute Gasteiger partial charge is 0.298 e. The van der Waals surface area contributed by atoms with Crippen LogP contribution in [-0.4, -0.2) is 14.4 Å². The number of imidazole rings is 1. The van der Waals surface area contributed by atoms with Crippen molar-refractivity contribution < 1.29 is 0 Å². The first kappa shape index (κ1) is 32.8. The summed E-state index contributed by atoms with van der Waals surface area (Å²) >= 11 is 1.74. The highest BCUT2D eigenvalue weighted by molar-refractivity contribution is 7.21. The molecule has 3 nitrogen and oxygen atoms in total. The molecule has 58 heavy (non-hydrogen) atoms. The molecule has 12 aromatic rings. The van der Waals surface area contributed by atoms with Gasteiger partial charge in [0.05, 0.1) is 21.3 Å². The second kappa shape index (κ2) is 13.1. The van der Waals surface area contributed by atoms with Gasteiger partial charge in [0.2, 0.25) is 0 Å². The van der Waals surface area contributed by atoms with Gasteiger partial charge in [0.15, 0.2) is 0 Å². The van der Waals surface area contributed by atoms with Crippen molar-refractivity contribution in [2.45, 2.75) is 0 Å². The zero-order chi connectivity index (χ0) is 38.2. The minimum Gasteiger partial charge on any atom is -0.298 e. The topological polar surface area (TPSA) is 30.2 Å². The number of hydrogen-bond acceptors (Lipinski definition) is 3. The lowest BCUT2D eigenvalue weighted by Crippen LogP contribution is -1.93. The Balaban J connectivity index is 1.01. The van der Waals surface area contributed by atoms with Crippen LogP contribution in [0.5, 0.6) is 0 Å². The zero-order valence-electron chi connectivity index (χ0n) is 31.3. The number of pyridine rings is 1. The van der Waals surface area contributed by atoms with Crippen molar-refractivity contribution in [3.8, 4) is 55.1 Å². The van der Waals surface area contributed by atoms with Gasteiger partial charge in [-0.15, -0.1) is 11.3 Å². The smallest absolute Gasteiger partial charge is 0.137 e. The molecular formula is C54H33N3S. The molecule has 0 aliphatic heterocycles. The monoisotopic (exact) mass is 755 g/mol. The molecule has 0 aliphatic carbocycles. The highest BCUT2D eigenvalue weighted by atomic mass is 32.1. The average molecular weight is 756 g/mol. The third-order valence-electron chi connectivity index (χ3n) is 11.6. The van der Waals surface area contributed by atoms with E-state index in [1.165, 1.54) is 59.3 Å². The number of para-hydroxylation sites is 1. The number of nitrogens with zero attached hydrogens (tertiary/aromatic N) is 3. The van der Waals surface area contributed by atoms with Gasteiger partial charge in [-0.05, 0) is 102 Å². The molecule has 0 atom stereocenters. The van der Waals surface area contributed by atoms with Gasteiger partial charge in [-0.25, -0.2) is 9.97 Å². The van der Waals surface area contributed by atoms with Crippen LogP contribution in [0, 0.1) is 0 Å². The molecule has 0 amide bonds. The Morgan fingerprint density at radius 2 is 0.879 bits per heavy atom. The van der Waals surface area contributed by atoms with Crippen molar-refractivity contribution in [1.82, 2.24) is 14.4 Å². The van der Waals surface area contributed by atoms with Crippen LogP contribution in [0.15, 0.2) is 200 Å².